The second-order valence-electron chi connectivity index (χ2n) is 4.76. The maximum Gasteiger partial charge on any atom is 0.258 e. The maximum atomic E-state index is 11.5. The first kappa shape index (κ1) is 14.3. The van der Waals surface area contributed by atoms with Gasteiger partial charge in [-0.25, -0.2) is 0 Å². The summed E-state index contributed by atoms with van der Waals surface area (Å²) in [5.41, 5.74) is 6.48. The van der Waals surface area contributed by atoms with Gasteiger partial charge in [-0.05, 0) is 30.5 Å². The molecule has 0 spiro atoms. The number of hydrogen-bond donors (Lipinski definition) is 3. The lowest BCUT2D eigenvalue weighted by Gasteiger charge is -2.08. The molecule has 1 aromatic carbocycles. The summed E-state index contributed by atoms with van der Waals surface area (Å²) >= 11 is 0. The minimum Gasteiger partial charge on any atom is -0.484 e. The van der Waals surface area contributed by atoms with Crippen LogP contribution >= 0.6 is 0 Å². The zero-order valence-electron chi connectivity index (χ0n) is 11.2. The highest BCUT2D eigenvalue weighted by Crippen LogP contribution is 2.18. The quantitative estimate of drug-likeness (QED) is 0.650. The van der Waals surface area contributed by atoms with Gasteiger partial charge in [0.2, 0.25) is 5.91 Å². The highest BCUT2D eigenvalue weighted by Gasteiger charge is 2.23. The summed E-state index contributed by atoms with van der Waals surface area (Å²) in [6.07, 6.45) is 2.06. The zero-order valence-corrected chi connectivity index (χ0v) is 11.2. The molecular formula is C14H19N3O3. The van der Waals surface area contributed by atoms with E-state index in [9.17, 15) is 9.59 Å². The van der Waals surface area contributed by atoms with Crippen LogP contribution in [0.3, 0.4) is 0 Å². The molecule has 0 saturated heterocycles. The van der Waals surface area contributed by atoms with Crippen LogP contribution in [0.2, 0.25) is 0 Å². The fraction of sp³-hybridized carbons (Fsp3) is 0.429. The summed E-state index contributed by atoms with van der Waals surface area (Å²) in [7, 11) is 0. The molecule has 6 heteroatoms. The van der Waals surface area contributed by atoms with Gasteiger partial charge in [-0.15, -0.1) is 0 Å². The molecule has 0 atom stereocenters. The molecule has 0 unspecified atom stereocenters. The van der Waals surface area contributed by atoms with Gasteiger partial charge in [0.25, 0.3) is 5.91 Å². The number of rotatable bonds is 7. The molecule has 2 amide bonds. The number of ether oxygens (including phenoxy) is 1. The highest BCUT2D eigenvalue weighted by atomic mass is 16.5. The van der Waals surface area contributed by atoms with E-state index in [0.717, 1.165) is 18.4 Å². The van der Waals surface area contributed by atoms with E-state index in [1.54, 1.807) is 12.1 Å². The van der Waals surface area contributed by atoms with E-state index in [1.807, 2.05) is 12.1 Å². The van der Waals surface area contributed by atoms with Gasteiger partial charge in [0.05, 0.1) is 6.54 Å². The van der Waals surface area contributed by atoms with Crippen LogP contribution in [-0.4, -0.2) is 31.0 Å². The van der Waals surface area contributed by atoms with Gasteiger partial charge in [0, 0.05) is 12.6 Å². The van der Waals surface area contributed by atoms with Crippen molar-refractivity contribution in [2.24, 2.45) is 5.73 Å². The standard InChI is InChI=1S/C14H19N3O3/c15-7-10-1-5-12(6-2-10)20-9-14(19)16-8-13(18)17-11-3-4-11/h1-2,5-6,11H,3-4,7-9,15H2,(H,16,19)(H,17,18). The molecule has 108 valence electrons. The first-order chi connectivity index (χ1) is 9.67. The van der Waals surface area contributed by atoms with E-state index in [4.69, 9.17) is 10.5 Å². The average molecular weight is 277 g/mol. The molecule has 0 aliphatic heterocycles. The van der Waals surface area contributed by atoms with Crippen LogP contribution in [0.5, 0.6) is 5.75 Å². The Bertz CT molecular complexity index is 469. The number of hydrogen-bond acceptors (Lipinski definition) is 4. The fourth-order valence-corrected chi connectivity index (χ4v) is 1.61. The molecule has 6 nitrogen and oxygen atoms in total. The predicted octanol–water partition coefficient (Wildman–Crippen LogP) is -0.0811. The van der Waals surface area contributed by atoms with Crippen LogP contribution in [0, 0.1) is 0 Å². The minimum absolute atomic E-state index is 0.00912. The summed E-state index contributed by atoms with van der Waals surface area (Å²) in [5, 5.41) is 5.30. The van der Waals surface area contributed by atoms with E-state index in [0.29, 0.717) is 18.3 Å². The van der Waals surface area contributed by atoms with E-state index >= 15 is 0 Å². The molecule has 0 radical (unpaired) electrons. The molecule has 0 heterocycles. The number of nitrogens with two attached hydrogens (primary N) is 1. The summed E-state index contributed by atoms with van der Waals surface area (Å²) in [6.45, 7) is 0.348. The summed E-state index contributed by atoms with van der Waals surface area (Å²) < 4.78 is 5.31. The first-order valence-corrected chi connectivity index (χ1v) is 6.65. The van der Waals surface area contributed by atoms with Crippen molar-refractivity contribution in [3.63, 3.8) is 0 Å². The molecule has 1 aromatic rings. The van der Waals surface area contributed by atoms with Crippen LogP contribution in [0.15, 0.2) is 24.3 Å². The van der Waals surface area contributed by atoms with Crippen molar-refractivity contribution in [3.05, 3.63) is 29.8 Å². The predicted molar refractivity (Wildman–Crippen MR) is 74.0 cm³/mol. The molecule has 2 rings (SSSR count). The average Bonchev–Trinajstić information content (AvgIpc) is 3.27. The van der Waals surface area contributed by atoms with Crippen molar-refractivity contribution < 1.29 is 14.3 Å². The Morgan fingerprint density at radius 3 is 2.50 bits per heavy atom. The van der Waals surface area contributed by atoms with Gasteiger partial charge in [0.1, 0.15) is 5.75 Å². The molecule has 4 N–H and O–H groups in total. The number of amides is 2. The zero-order chi connectivity index (χ0) is 14.4. The van der Waals surface area contributed by atoms with Crippen molar-refractivity contribution in [3.8, 4) is 5.75 Å². The first-order valence-electron chi connectivity index (χ1n) is 6.65. The lowest BCUT2D eigenvalue weighted by molar-refractivity contribution is -0.127. The monoisotopic (exact) mass is 277 g/mol. The molecule has 0 aromatic heterocycles. The largest absolute Gasteiger partial charge is 0.484 e. The SMILES string of the molecule is NCc1ccc(OCC(=O)NCC(=O)NC2CC2)cc1. The van der Waals surface area contributed by atoms with Gasteiger partial charge in [-0.3, -0.25) is 9.59 Å². The van der Waals surface area contributed by atoms with Crippen molar-refractivity contribution in [1.82, 2.24) is 10.6 Å². The minimum atomic E-state index is -0.321. The lowest BCUT2D eigenvalue weighted by Crippen LogP contribution is -2.39. The molecule has 0 bridgehead atoms. The van der Waals surface area contributed by atoms with Crippen molar-refractivity contribution in [1.29, 1.82) is 0 Å². The van der Waals surface area contributed by atoms with Crippen LogP contribution in [0.4, 0.5) is 0 Å². The van der Waals surface area contributed by atoms with E-state index < -0.39 is 0 Å². The number of carbonyl (C=O) groups is 2. The molecule has 1 aliphatic rings. The topological polar surface area (TPSA) is 93.4 Å². The third kappa shape index (κ3) is 4.89. The summed E-state index contributed by atoms with van der Waals surface area (Å²) in [6, 6.07) is 7.51. The Kier molecular flexibility index (Phi) is 4.95. The van der Waals surface area contributed by atoms with Crippen molar-refractivity contribution in [2.75, 3.05) is 13.2 Å². The van der Waals surface area contributed by atoms with Crippen LogP contribution in [0.25, 0.3) is 0 Å². The van der Waals surface area contributed by atoms with E-state index in [2.05, 4.69) is 10.6 Å². The second-order valence-corrected chi connectivity index (χ2v) is 4.76. The number of nitrogens with one attached hydrogen (secondary N) is 2. The molecule has 1 saturated carbocycles. The van der Waals surface area contributed by atoms with Crippen LogP contribution in [0.1, 0.15) is 18.4 Å². The Labute approximate surface area is 117 Å². The van der Waals surface area contributed by atoms with Crippen molar-refractivity contribution >= 4 is 11.8 Å². The third-order valence-corrected chi connectivity index (χ3v) is 2.92. The van der Waals surface area contributed by atoms with Gasteiger partial charge < -0.3 is 21.1 Å². The molecule has 1 aliphatic carbocycles. The normalized spacial score (nSPS) is 13.7. The Hall–Kier alpha value is -2.08. The number of carbonyl (C=O) groups excluding carboxylic acids is 2. The molecule has 1 fully saturated rings. The van der Waals surface area contributed by atoms with Crippen molar-refractivity contribution in [2.45, 2.75) is 25.4 Å². The van der Waals surface area contributed by atoms with Crippen LogP contribution < -0.4 is 21.1 Å². The smallest absolute Gasteiger partial charge is 0.258 e. The van der Waals surface area contributed by atoms with Gasteiger partial charge in [0.15, 0.2) is 6.61 Å². The van der Waals surface area contributed by atoms with Crippen LogP contribution in [-0.2, 0) is 16.1 Å². The Morgan fingerprint density at radius 2 is 1.90 bits per heavy atom. The maximum absolute atomic E-state index is 11.5. The van der Waals surface area contributed by atoms with E-state index in [-0.39, 0.29) is 25.0 Å². The third-order valence-electron chi connectivity index (χ3n) is 2.92. The Morgan fingerprint density at radius 1 is 1.20 bits per heavy atom. The highest BCUT2D eigenvalue weighted by molar-refractivity contribution is 5.85. The molecule has 20 heavy (non-hydrogen) atoms. The Balaban J connectivity index is 1.64. The summed E-state index contributed by atoms with van der Waals surface area (Å²) in [4.78, 5) is 22.9. The lowest BCUT2D eigenvalue weighted by atomic mass is 10.2. The van der Waals surface area contributed by atoms with E-state index in [1.165, 1.54) is 0 Å². The van der Waals surface area contributed by atoms with Gasteiger partial charge in [-0.1, -0.05) is 12.1 Å². The second kappa shape index (κ2) is 6.91. The van der Waals surface area contributed by atoms with Gasteiger partial charge >= 0.3 is 0 Å². The number of benzene rings is 1. The fourth-order valence-electron chi connectivity index (χ4n) is 1.61. The van der Waals surface area contributed by atoms with Gasteiger partial charge in [-0.2, -0.15) is 0 Å². The summed E-state index contributed by atoms with van der Waals surface area (Å²) in [5.74, 6) is 0.117. The molecular weight excluding hydrogens is 258 g/mol.